The van der Waals surface area contributed by atoms with Gasteiger partial charge in [0.2, 0.25) is 11.7 Å². The predicted octanol–water partition coefficient (Wildman–Crippen LogP) is 4.34. The molecular weight excluding hydrogens is 380 g/mol. The molecule has 4 aromatic rings. The molecule has 0 bridgehead atoms. The van der Waals surface area contributed by atoms with Crippen LogP contribution in [-0.4, -0.2) is 18.1 Å². The second-order valence-corrected chi connectivity index (χ2v) is 6.54. The Hall–Kier alpha value is -4.19. The van der Waals surface area contributed by atoms with E-state index in [1.807, 2.05) is 42.5 Å². The minimum Gasteiger partial charge on any atom is -0.457 e. The average Bonchev–Trinajstić information content (AvgIpc) is 3.30. The smallest absolute Gasteiger partial charge is 0.379 e. The molecule has 1 amide bonds. The Morgan fingerprint density at radius 3 is 2.53 bits per heavy atom. The molecule has 1 heterocycles. The van der Waals surface area contributed by atoms with Crippen LogP contribution in [0.15, 0.2) is 94.6 Å². The van der Waals surface area contributed by atoms with Crippen LogP contribution in [0.3, 0.4) is 0 Å². The SMILES string of the molecule is O=C(Cc1cccc2ccccc12)N/N=C\c1ccc(OC(=O)c2ccco2)cc1. The maximum atomic E-state index is 12.2. The fraction of sp³-hybridized carbons (Fsp3) is 0.0417. The monoisotopic (exact) mass is 398 g/mol. The molecule has 30 heavy (non-hydrogen) atoms. The second kappa shape index (κ2) is 8.87. The van der Waals surface area contributed by atoms with Crippen LogP contribution in [0.4, 0.5) is 0 Å². The maximum absolute atomic E-state index is 12.2. The number of ether oxygens (including phenoxy) is 1. The van der Waals surface area contributed by atoms with Crippen molar-refractivity contribution in [1.82, 2.24) is 5.43 Å². The summed E-state index contributed by atoms with van der Waals surface area (Å²) in [6.07, 6.45) is 3.17. The third kappa shape index (κ3) is 4.62. The van der Waals surface area contributed by atoms with Crippen LogP contribution < -0.4 is 10.2 Å². The number of furan rings is 1. The number of hydrogen-bond donors (Lipinski definition) is 1. The van der Waals surface area contributed by atoms with E-state index in [0.29, 0.717) is 5.75 Å². The van der Waals surface area contributed by atoms with Gasteiger partial charge in [-0.1, -0.05) is 42.5 Å². The highest BCUT2D eigenvalue weighted by Gasteiger charge is 2.11. The van der Waals surface area contributed by atoms with Crippen molar-refractivity contribution in [2.24, 2.45) is 5.10 Å². The minimum absolute atomic E-state index is 0.134. The fourth-order valence-corrected chi connectivity index (χ4v) is 3.01. The number of amides is 1. The molecule has 0 saturated carbocycles. The van der Waals surface area contributed by atoms with Crippen molar-refractivity contribution < 1.29 is 18.7 Å². The Balaban J connectivity index is 1.32. The summed E-state index contributed by atoms with van der Waals surface area (Å²) >= 11 is 0. The number of carbonyl (C=O) groups is 2. The molecule has 148 valence electrons. The van der Waals surface area contributed by atoms with Crippen LogP contribution >= 0.6 is 0 Å². The highest BCUT2D eigenvalue weighted by molar-refractivity contribution is 5.91. The predicted molar refractivity (Wildman–Crippen MR) is 113 cm³/mol. The van der Waals surface area contributed by atoms with Crippen LogP contribution in [0.25, 0.3) is 10.8 Å². The van der Waals surface area contributed by atoms with E-state index in [1.165, 1.54) is 18.5 Å². The second-order valence-electron chi connectivity index (χ2n) is 6.54. The van der Waals surface area contributed by atoms with E-state index in [0.717, 1.165) is 21.9 Å². The Bertz CT molecular complexity index is 1190. The summed E-state index contributed by atoms with van der Waals surface area (Å²) in [6, 6.07) is 23.7. The third-order valence-electron chi connectivity index (χ3n) is 4.45. The van der Waals surface area contributed by atoms with Gasteiger partial charge in [-0.3, -0.25) is 4.79 Å². The van der Waals surface area contributed by atoms with E-state index in [9.17, 15) is 9.59 Å². The van der Waals surface area contributed by atoms with Gasteiger partial charge >= 0.3 is 5.97 Å². The average molecular weight is 398 g/mol. The largest absolute Gasteiger partial charge is 0.457 e. The lowest BCUT2D eigenvalue weighted by molar-refractivity contribution is -0.120. The number of fused-ring (bicyclic) bond motifs is 1. The molecule has 0 saturated heterocycles. The molecule has 0 aliphatic carbocycles. The zero-order valence-corrected chi connectivity index (χ0v) is 15.9. The molecule has 6 heteroatoms. The van der Waals surface area contributed by atoms with Gasteiger partial charge in [0.15, 0.2) is 0 Å². The summed E-state index contributed by atoms with van der Waals surface area (Å²) in [5.41, 5.74) is 4.24. The topological polar surface area (TPSA) is 80.9 Å². The highest BCUT2D eigenvalue weighted by Crippen LogP contribution is 2.19. The molecule has 0 unspecified atom stereocenters. The minimum atomic E-state index is -0.567. The van der Waals surface area contributed by atoms with E-state index >= 15 is 0 Å². The lowest BCUT2D eigenvalue weighted by Crippen LogP contribution is -2.19. The maximum Gasteiger partial charge on any atom is 0.379 e. The Labute approximate surface area is 172 Å². The van der Waals surface area contributed by atoms with Gasteiger partial charge in [0.05, 0.1) is 18.9 Å². The normalized spacial score (nSPS) is 10.9. The summed E-state index contributed by atoms with van der Waals surface area (Å²) in [5.74, 6) is -0.253. The Kier molecular flexibility index (Phi) is 5.66. The first kappa shape index (κ1) is 19.1. The van der Waals surface area contributed by atoms with Crippen molar-refractivity contribution in [2.75, 3.05) is 0 Å². The quantitative estimate of drug-likeness (QED) is 0.227. The van der Waals surface area contributed by atoms with Crippen LogP contribution in [-0.2, 0) is 11.2 Å². The molecule has 0 spiro atoms. The van der Waals surface area contributed by atoms with Crippen molar-refractivity contribution in [3.63, 3.8) is 0 Å². The molecule has 0 aliphatic rings. The molecule has 0 fully saturated rings. The van der Waals surface area contributed by atoms with E-state index in [-0.39, 0.29) is 18.1 Å². The number of rotatable bonds is 6. The summed E-state index contributed by atoms with van der Waals surface area (Å²) in [4.78, 5) is 24.1. The van der Waals surface area contributed by atoms with E-state index in [4.69, 9.17) is 9.15 Å². The zero-order chi connectivity index (χ0) is 20.8. The van der Waals surface area contributed by atoms with Crippen molar-refractivity contribution in [3.05, 3.63) is 102 Å². The molecular formula is C24H18N2O4. The van der Waals surface area contributed by atoms with Crippen molar-refractivity contribution in [2.45, 2.75) is 6.42 Å². The van der Waals surface area contributed by atoms with Gasteiger partial charge in [0.25, 0.3) is 0 Å². The fourth-order valence-electron chi connectivity index (χ4n) is 3.01. The van der Waals surface area contributed by atoms with Gasteiger partial charge in [-0.25, -0.2) is 10.2 Å². The van der Waals surface area contributed by atoms with Gasteiger partial charge in [0, 0.05) is 0 Å². The molecule has 0 aliphatic heterocycles. The molecule has 1 N–H and O–H groups in total. The third-order valence-corrected chi connectivity index (χ3v) is 4.45. The van der Waals surface area contributed by atoms with E-state index in [1.54, 1.807) is 30.3 Å². The highest BCUT2D eigenvalue weighted by atomic mass is 16.5. The summed E-state index contributed by atoms with van der Waals surface area (Å²) in [7, 11) is 0. The first-order valence-corrected chi connectivity index (χ1v) is 9.33. The van der Waals surface area contributed by atoms with E-state index < -0.39 is 5.97 Å². The van der Waals surface area contributed by atoms with Crippen molar-refractivity contribution >= 4 is 28.9 Å². The molecule has 0 radical (unpaired) electrons. The molecule has 4 rings (SSSR count). The zero-order valence-electron chi connectivity index (χ0n) is 15.9. The molecule has 3 aromatic carbocycles. The molecule has 1 aromatic heterocycles. The van der Waals surface area contributed by atoms with Crippen LogP contribution in [0, 0.1) is 0 Å². The standard InChI is InChI=1S/C24H18N2O4/c27-23(15-19-7-3-6-18-5-1-2-8-21(18)19)26-25-16-17-10-12-20(13-11-17)30-24(28)22-9-4-14-29-22/h1-14,16H,15H2,(H,26,27)/b25-16-. The van der Waals surface area contributed by atoms with Gasteiger partial charge in [-0.15, -0.1) is 0 Å². The number of benzene rings is 3. The van der Waals surface area contributed by atoms with Gasteiger partial charge in [-0.2, -0.15) is 5.10 Å². The lowest BCUT2D eigenvalue weighted by atomic mass is 10.0. The number of nitrogens with one attached hydrogen (secondary N) is 1. The van der Waals surface area contributed by atoms with Gasteiger partial charge in [-0.05, 0) is 58.3 Å². The Morgan fingerprint density at radius 2 is 1.73 bits per heavy atom. The first-order chi connectivity index (χ1) is 14.7. The van der Waals surface area contributed by atoms with Crippen LogP contribution in [0.2, 0.25) is 0 Å². The number of esters is 1. The number of nitrogens with zero attached hydrogens (tertiary/aromatic N) is 1. The first-order valence-electron chi connectivity index (χ1n) is 9.33. The summed E-state index contributed by atoms with van der Waals surface area (Å²) in [6.45, 7) is 0. The molecule has 6 nitrogen and oxygen atoms in total. The number of carbonyl (C=O) groups excluding carboxylic acids is 2. The summed E-state index contributed by atoms with van der Waals surface area (Å²) in [5, 5.41) is 6.15. The van der Waals surface area contributed by atoms with Gasteiger partial charge in [0.1, 0.15) is 5.75 Å². The van der Waals surface area contributed by atoms with Gasteiger partial charge < -0.3 is 9.15 Å². The van der Waals surface area contributed by atoms with Crippen LogP contribution in [0.1, 0.15) is 21.7 Å². The summed E-state index contributed by atoms with van der Waals surface area (Å²) < 4.78 is 10.2. The Morgan fingerprint density at radius 1 is 0.933 bits per heavy atom. The molecule has 0 atom stereocenters. The van der Waals surface area contributed by atoms with Crippen molar-refractivity contribution in [3.8, 4) is 5.75 Å². The van der Waals surface area contributed by atoms with Crippen LogP contribution in [0.5, 0.6) is 5.75 Å². The lowest BCUT2D eigenvalue weighted by Gasteiger charge is -2.05. The number of hydrogen-bond acceptors (Lipinski definition) is 5. The number of hydrazone groups is 1. The van der Waals surface area contributed by atoms with Crippen molar-refractivity contribution in [1.29, 1.82) is 0 Å². The van der Waals surface area contributed by atoms with E-state index in [2.05, 4.69) is 10.5 Å².